The van der Waals surface area contributed by atoms with E-state index in [1.807, 2.05) is 66.1 Å². The molecular weight excluding hydrogens is 455 g/mol. The summed E-state index contributed by atoms with van der Waals surface area (Å²) in [4.78, 5) is 30.4. The number of fused-ring (bicyclic) bond motifs is 2. The van der Waals surface area contributed by atoms with Crippen molar-refractivity contribution in [2.24, 2.45) is 0 Å². The number of para-hydroxylation sites is 1. The summed E-state index contributed by atoms with van der Waals surface area (Å²) in [6.07, 6.45) is 5.77. The van der Waals surface area contributed by atoms with Crippen molar-refractivity contribution in [2.45, 2.75) is 26.8 Å². The van der Waals surface area contributed by atoms with Crippen LogP contribution in [-0.2, 0) is 11.3 Å². The van der Waals surface area contributed by atoms with Crippen molar-refractivity contribution >= 4 is 62.1 Å². The molecule has 2 aromatic carbocycles. The molecule has 5 rings (SSSR count). The number of allylic oxidation sites excluding steroid dienone is 4. The summed E-state index contributed by atoms with van der Waals surface area (Å²) in [6.45, 7) is 3.75. The minimum atomic E-state index is -0.136. The van der Waals surface area contributed by atoms with Crippen molar-refractivity contribution in [1.29, 1.82) is 0 Å². The van der Waals surface area contributed by atoms with Crippen LogP contribution in [0.4, 0.5) is 0 Å². The van der Waals surface area contributed by atoms with Gasteiger partial charge in [0.15, 0.2) is 11.6 Å². The number of rotatable bonds is 4. The molecule has 1 aliphatic rings. The van der Waals surface area contributed by atoms with Crippen LogP contribution in [0.5, 0.6) is 0 Å². The monoisotopic (exact) mass is 474 g/mol. The van der Waals surface area contributed by atoms with Gasteiger partial charge >= 0.3 is 0 Å². The number of aromatic nitrogens is 2. The Morgan fingerprint density at radius 3 is 2.70 bits per heavy atom. The lowest BCUT2D eigenvalue weighted by Crippen LogP contribution is -2.12. The van der Waals surface area contributed by atoms with Crippen molar-refractivity contribution in [3.63, 3.8) is 0 Å². The van der Waals surface area contributed by atoms with Crippen LogP contribution in [0, 0.1) is 6.92 Å². The van der Waals surface area contributed by atoms with E-state index in [0.29, 0.717) is 40.0 Å². The number of nitrogens with zero attached hydrogens (tertiary/aromatic N) is 2. The van der Waals surface area contributed by atoms with Crippen LogP contribution in [0.2, 0.25) is 10.2 Å². The number of pyridine rings is 1. The highest BCUT2D eigenvalue weighted by Gasteiger charge is 2.27. The van der Waals surface area contributed by atoms with Crippen LogP contribution in [0.15, 0.2) is 60.7 Å². The molecule has 0 saturated carbocycles. The minimum Gasteiger partial charge on any atom is -0.333 e. The first-order valence-electron chi connectivity index (χ1n) is 10.6. The van der Waals surface area contributed by atoms with Gasteiger partial charge in [0, 0.05) is 45.8 Å². The largest absolute Gasteiger partial charge is 0.333 e. The summed E-state index contributed by atoms with van der Waals surface area (Å²) in [7, 11) is 0. The van der Waals surface area contributed by atoms with E-state index < -0.39 is 0 Å². The number of carbonyl (C=O) groups is 2. The van der Waals surface area contributed by atoms with Gasteiger partial charge in [-0.25, -0.2) is 4.98 Å². The first-order valence-corrected chi connectivity index (χ1v) is 11.4. The summed E-state index contributed by atoms with van der Waals surface area (Å²) in [6, 6.07) is 13.5. The van der Waals surface area contributed by atoms with Crippen LogP contribution in [0.1, 0.15) is 40.5 Å². The highest BCUT2D eigenvalue weighted by atomic mass is 35.5. The van der Waals surface area contributed by atoms with E-state index in [9.17, 15) is 9.59 Å². The molecule has 0 amide bonds. The van der Waals surface area contributed by atoms with Gasteiger partial charge in [-0.1, -0.05) is 59.6 Å². The molecule has 2 aromatic heterocycles. The van der Waals surface area contributed by atoms with Gasteiger partial charge in [-0.15, -0.1) is 0 Å². The molecule has 0 unspecified atom stereocenters. The van der Waals surface area contributed by atoms with Crippen LogP contribution in [-0.4, -0.2) is 21.1 Å². The van der Waals surface area contributed by atoms with Crippen molar-refractivity contribution in [3.05, 3.63) is 93.3 Å². The highest BCUT2D eigenvalue weighted by Crippen LogP contribution is 2.38. The van der Waals surface area contributed by atoms with Crippen molar-refractivity contribution in [1.82, 2.24) is 9.55 Å². The molecule has 4 aromatic rings. The van der Waals surface area contributed by atoms with Gasteiger partial charge < -0.3 is 4.57 Å². The second kappa shape index (κ2) is 8.29. The van der Waals surface area contributed by atoms with E-state index in [-0.39, 0.29) is 11.6 Å². The quantitative estimate of drug-likeness (QED) is 0.237. The molecule has 33 heavy (non-hydrogen) atoms. The van der Waals surface area contributed by atoms with Gasteiger partial charge in [0.1, 0.15) is 5.15 Å². The van der Waals surface area contributed by atoms with E-state index >= 15 is 0 Å². The van der Waals surface area contributed by atoms with Crippen molar-refractivity contribution in [3.8, 4) is 0 Å². The molecule has 1 aliphatic carbocycles. The Morgan fingerprint density at radius 2 is 1.94 bits per heavy atom. The Kier molecular flexibility index (Phi) is 5.43. The Morgan fingerprint density at radius 1 is 1.15 bits per heavy atom. The van der Waals surface area contributed by atoms with Gasteiger partial charge in [-0.2, -0.15) is 0 Å². The first kappa shape index (κ1) is 21.6. The molecule has 0 spiro atoms. The lowest BCUT2D eigenvalue weighted by atomic mass is 9.92. The third kappa shape index (κ3) is 3.69. The number of ketones is 2. The first-order chi connectivity index (χ1) is 15.8. The smallest absolute Gasteiger partial charge is 0.176 e. The normalized spacial score (nSPS) is 13.7. The molecule has 0 N–H and O–H groups in total. The molecule has 0 fully saturated rings. The number of carbonyl (C=O) groups excluding carboxylic acids is 2. The second-order valence-electron chi connectivity index (χ2n) is 8.25. The van der Waals surface area contributed by atoms with Gasteiger partial charge in [-0.05, 0) is 36.8 Å². The van der Waals surface area contributed by atoms with Crippen molar-refractivity contribution < 1.29 is 9.59 Å². The number of benzene rings is 2. The Bertz CT molecular complexity index is 1540. The Balaban J connectivity index is 1.81. The maximum absolute atomic E-state index is 13.0. The third-order valence-corrected chi connectivity index (χ3v) is 6.76. The zero-order chi connectivity index (χ0) is 23.3. The van der Waals surface area contributed by atoms with Gasteiger partial charge in [-0.3, -0.25) is 9.59 Å². The second-order valence-corrected chi connectivity index (χ2v) is 9.02. The van der Waals surface area contributed by atoms with E-state index in [4.69, 9.17) is 23.2 Å². The highest BCUT2D eigenvalue weighted by molar-refractivity contribution is 6.33. The van der Waals surface area contributed by atoms with E-state index in [2.05, 4.69) is 4.98 Å². The lowest BCUT2D eigenvalue weighted by Gasteiger charge is -2.13. The van der Waals surface area contributed by atoms with Gasteiger partial charge in [0.25, 0.3) is 0 Å². The molecular formula is C27H20Cl2N2O2. The minimum absolute atomic E-state index is 0.0166. The summed E-state index contributed by atoms with van der Waals surface area (Å²) >= 11 is 13.1. The van der Waals surface area contributed by atoms with Gasteiger partial charge in [0.2, 0.25) is 0 Å². The molecule has 0 aliphatic heterocycles. The Hall–Kier alpha value is -3.21. The fraction of sp³-hybridized carbons (Fsp3) is 0.148. The maximum atomic E-state index is 13.0. The number of hydrogen-bond acceptors (Lipinski definition) is 3. The summed E-state index contributed by atoms with van der Waals surface area (Å²) in [5, 5.41) is 2.75. The number of Topliss-reactive ketones (excluding diaryl/α,β-unsaturated/α-hetero) is 2. The molecule has 0 radical (unpaired) electrons. The lowest BCUT2D eigenvalue weighted by molar-refractivity contribution is -0.113. The average molecular weight is 475 g/mol. The molecule has 164 valence electrons. The molecule has 0 saturated heterocycles. The fourth-order valence-corrected chi connectivity index (χ4v) is 4.83. The van der Waals surface area contributed by atoms with Crippen LogP contribution in [0.25, 0.3) is 27.4 Å². The molecule has 4 nitrogen and oxygen atoms in total. The average Bonchev–Trinajstić information content (AvgIpc) is 3.08. The number of aryl methyl sites for hydroxylation is 1. The topological polar surface area (TPSA) is 52.0 Å². The fourth-order valence-electron chi connectivity index (χ4n) is 4.46. The van der Waals surface area contributed by atoms with Crippen LogP contribution < -0.4 is 0 Å². The zero-order valence-corrected chi connectivity index (χ0v) is 19.7. The SMILES string of the molecule is CC(=O)c1c(C2=CC=CCC2=O)c2cc(C)c(Cl)cc2n1Cc1cc2ccccc2nc1Cl. The summed E-state index contributed by atoms with van der Waals surface area (Å²) in [5.74, 6) is -0.153. The molecule has 2 heterocycles. The van der Waals surface area contributed by atoms with Gasteiger partial charge in [0.05, 0.1) is 23.3 Å². The third-order valence-electron chi connectivity index (χ3n) is 6.03. The van der Waals surface area contributed by atoms with Crippen LogP contribution in [0.3, 0.4) is 0 Å². The number of hydrogen-bond donors (Lipinski definition) is 0. The van der Waals surface area contributed by atoms with E-state index in [1.54, 1.807) is 6.08 Å². The molecule has 6 heteroatoms. The summed E-state index contributed by atoms with van der Waals surface area (Å²) < 4.78 is 1.91. The van der Waals surface area contributed by atoms with Crippen molar-refractivity contribution in [2.75, 3.05) is 0 Å². The van der Waals surface area contributed by atoms with E-state index in [0.717, 1.165) is 32.9 Å². The standard InChI is InChI=1S/C27H20Cl2N2O2/c1-15-11-20-23(13-21(15)28)31(14-18-12-17-7-3-5-9-22(17)30-27(18)29)26(16(2)32)25(20)19-8-4-6-10-24(19)33/h3-9,11-13H,10,14H2,1-2H3. The van der Waals surface area contributed by atoms with Crippen LogP contribution >= 0.6 is 23.2 Å². The predicted octanol–water partition coefficient (Wildman–Crippen LogP) is 6.97. The maximum Gasteiger partial charge on any atom is 0.176 e. The molecule has 0 bridgehead atoms. The number of halogens is 2. The summed E-state index contributed by atoms with van der Waals surface area (Å²) in [5.41, 5.74) is 4.89. The zero-order valence-electron chi connectivity index (χ0n) is 18.2. The molecule has 0 atom stereocenters. The Labute approximate surface area is 201 Å². The predicted molar refractivity (Wildman–Crippen MR) is 134 cm³/mol. The van der Waals surface area contributed by atoms with E-state index in [1.165, 1.54) is 6.92 Å².